The molecule has 1 heterocycles. The highest BCUT2D eigenvalue weighted by molar-refractivity contribution is 4.51. The van der Waals surface area contributed by atoms with E-state index in [4.69, 9.17) is 9.84 Å². The Balaban J connectivity index is 0.000000187. The van der Waals surface area contributed by atoms with E-state index in [1.54, 1.807) is 20.8 Å². The molecule has 0 radical (unpaired) electrons. The smallest absolute Gasteiger partial charge is 0.0591 e. The molecule has 1 fully saturated rings. The Morgan fingerprint density at radius 1 is 1.18 bits per heavy atom. The topological polar surface area (TPSA) is 41.5 Å². The first-order chi connectivity index (χ1) is 5.00. The van der Waals surface area contributed by atoms with Crippen molar-refractivity contribution in [3.8, 4) is 0 Å². The van der Waals surface area contributed by atoms with Crippen LogP contribution in [0.15, 0.2) is 0 Å². The minimum absolute atomic E-state index is 0.500. The Bertz CT molecular complexity index is 67.1. The average Bonchev–Trinajstić information content (AvgIpc) is 1.88. The molecular formula is C8H19NO2. The van der Waals surface area contributed by atoms with Crippen molar-refractivity contribution >= 4 is 0 Å². The average molecular weight is 161 g/mol. The van der Waals surface area contributed by atoms with Gasteiger partial charge >= 0.3 is 0 Å². The van der Waals surface area contributed by atoms with Crippen LogP contribution in [0.25, 0.3) is 0 Å². The summed E-state index contributed by atoms with van der Waals surface area (Å²) in [5, 5.41) is 11.7. The van der Waals surface area contributed by atoms with Crippen molar-refractivity contribution in [2.45, 2.75) is 26.4 Å². The van der Waals surface area contributed by atoms with Gasteiger partial charge in [-0.1, -0.05) is 0 Å². The number of rotatable bonds is 0. The van der Waals surface area contributed by atoms with E-state index < -0.39 is 5.60 Å². The van der Waals surface area contributed by atoms with Gasteiger partial charge in [0.05, 0.1) is 18.8 Å². The van der Waals surface area contributed by atoms with Crippen molar-refractivity contribution < 1.29 is 9.84 Å². The molecule has 3 nitrogen and oxygen atoms in total. The third-order valence-electron chi connectivity index (χ3n) is 0.846. The van der Waals surface area contributed by atoms with E-state index in [0.717, 1.165) is 26.3 Å². The highest BCUT2D eigenvalue weighted by Crippen LogP contribution is 1.93. The molecule has 1 aliphatic rings. The summed E-state index contributed by atoms with van der Waals surface area (Å²) in [6, 6.07) is 0. The lowest BCUT2D eigenvalue weighted by Gasteiger charge is -2.10. The molecule has 0 unspecified atom stereocenters. The van der Waals surface area contributed by atoms with Gasteiger partial charge in [0.2, 0.25) is 0 Å². The summed E-state index contributed by atoms with van der Waals surface area (Å²) in [5.74, 6) is 0. The van der Waals surface area contributed by atoms with Crippen molar-refractivity contribution in [1.29, 1.82) is 0 Å². The normalized spacial score (nSPS) is 18.5. The van der Waals surface area contributed by atoms with Gasteiger partial charge in [-0.05, 0) is 20.8 Å². The Kier molecular flexibility index (Phi) is 5.46. The molecule has 68 valence electrons. The van der Waals surface area contributed by atoms with Crippen LogP contribution in [0.1, 0.15) is 20.8 Å². The quantitative estimate of drug-likeness (QED) is 0.540. The third-order valence-corrected chi connectivity index (χ3v) is 0.846. The number of hydrogen-bond donors (Lipinski definition) is 2. The number of nitrogens with one attached hydrogen (secondary N) is 1. The Hall–Kier alpha value is -0.120. The highest BCUT2D eigenvalue weighted by atomic mass is 16.5. The number of morpholine rings is 1. The minimum atomic E-state index is -0.500. The number of ether oxygens (including phenoxy) is 1. The van der Waals surface area contributed by atoms with Crippen LogP contribution < -0.4 is 5.32 Å². The summed E-state index contributed by atoms with van der Waals surface area (Å²) in [7, 11) is 0. The van der Waals surface area contributed by atoms with Crippen molar-refractivity contribution in [2.24, 2.45) is 0 Å². The zero-order chi connectivity index (χ0) is 8.74. The molecule has 0 saturated carbocycles. The second-order valence-electron chi connectivity index (χ2n) is 3.53. The van der Waals surface area contributed by atoms with Crippen molar-refractivity contribution in [3.05, 3.63) is 0 Å². The van der Waals surface area contributed by atoms with Gasteiger partial charge in [0.15, 0.2) is 0 Å². The largest absolute Gasteiger partial charge is 0.391 e. The summed E-state index contributed by atoms with van der Waals surface area (Å²) in [4.78, 5) is 0. The van der Waals surface area contributed by atoms with Gasteiger partial charge in [-0.3, -0.25) is 0 Å². The molecule has 1 saturated heterocycles. The summed E-state index contributed by atoms with van der Waals surface area (Å²) >= 11 is 0. The van der Waals surface area contributed by atoms with Crippen LogP contribution in [0.2, 0.25) is 0 Å². The van der Waals surface area contributed by atoms with Gasteiger partial charge in [-0.2, -0.15) is 0 Å². The fourth-order valence-corrected chi connectivity index (χ4v) is 0.516. The summed E-state index contributed by atoms with van der Waals surface area (Å²) < 4.78 is 5.01. The summed E-state index contributed by atoms with van der Waals surface area (Å²) in [5.41, 5.74) is -0.500. The SMILES string of the molecule is C1COCCN1.CC(C)(C)O. The fourth-order valence-electron chi connectivity index (χ4n) is 0.516. The highest BCUT2D eigenvalue weighted by Gasteiger charge is 1.97. The van der Waals surface area contributed by atoms with Crippen LogP contribution in [0, 0.1) is 0 Å². The first-order valence-corrected chi connectivity index (χ1v) is 4.01. The van der Waals surface area contributed by atoms with E-state index in [1.807, 2.05) is 0 Å². The van der Waals surface area contributed by atoms with E-state index in [-0.39, 0.29) is 0 Å². The van der Waals surface area contributed by atoms with Crippen LogP contribution in [0.4, 0.5) is 0 Å². The van der Waals surface area contributed by atoms with Crippen LogP contribution in [0.5, 0.6) is 0 Å². The Morgan fingerprint density at radius 2 is 1.55 bits per heavy atom. The number of aliphatic hydroxyl groups is 1. The zero-order valence-electron chi connectivity index (χ0n) is 7.68. The summed E-state index contributed by atoms with van der Waals surface area (Å²) in [6.07, 6.45) is 0. The second-order valence-corrected chi connectivity index (χ2v) is 3.53. The molecular weight excluding hydrogens is 142 g/mol. The molecule has 1 aliphatic heterocycles. The van der Waals surface area contributed by atoms with Crippen molar-refractivity contribution in [1.82, 2.24) is 5.32 Å². The lowest BCUT2D eigenvalue weighted by Crippen LogP contribution is -2.30. The predicted octanol–water partition coefficient (Wildman–Crippen LogP) is 0.383. The molecule has 0 aromatic carbocycles. The molecule has 11 heavy (non-hydrogen) atoms. The molecule has 0 aromatic heterocycles. The molecule has 2 N–H and O–H groups in total. The first-order valence-electron chi connectivity index (χ1n) is 4.01. The molecule has 0 atom stereocenters. The fraction of sp³-hybridized carbons (Fsp3) is 1.00. The third kappa shape index (κ3) is 17.7. The van der Waals surface area contributed by atoms with Crippen LogP contribution in [-0.2, 0) is 4.74 Å². The minimum Gasteiger partial charge on any atom is -0.391 e. The molecule has 0 aliphatic carbocycles. The maximum Gasteiger partial charge on any atom is 0.0591 e. The van der Waals surface area contributed by atoms with E-state index in [2.05, 4.69) is 5.32 Å². The maximum absolute atomic E-state index is 8.52. The van der Waals surface area contributed by atoms with E-state index in [0.29, 0.717) is 0 Å². The van der Waals surface area contributed by atoms with Crippen LogP contribution >= 0.6 is 0 Å². The lowest BCUT2D eigenvalue weighted by molar-refractivity contribution is 0.102. The van der Waals surface area contributed by atoms with Gasteiger partial charge in [-0.15, -0.1) is 0 Å². The first kappa shape index (κ1) is 10.9. The molecule has 0 spiro atoms. The van der Waals surface area contributed by atoms with Crippen molar-refractivity contribution in [2.75, 3.05) is 26.3 Å². The summed E-state index contributed by atoms with van der Waals surface area (Å²) in [6.45, 7) is 9.06. The molecule has 0 bridgehead atoms. The lowest BCUT2D eigenvalue weighted by atomic mass is 10.2. The van der Waals surface area contributed by atoms with Crippen LogP contribution in [0.3, 0.4) is 0 Å². The Labute approximate surface area is 68.8 Å². The Morgan fingerprint density at radius 3 is 1.64 bits per heavy atom. The van der Waals surface area contributed by atoms with Crippen molar-refractivity contribution in [3.63, 3.8) is 0 Å². The second kappa shape index (κ2) is 5.52. The van der Waals surface area contributed by atoms with Gasteiger partial charge in [0.25, 0.3) is 0 Å². The van der Waals surface area contributed by atoms with E-state index in [1.165, 1.54) is 0 Å². The van der Waals surface area contributed by atoms with Gasteiger partial charge < -0.3 is 15.2 Å². The number of hydrogen-bond acceptors (Lipinski definition) is 3. The molecule has 0 amide bonds. The van der Waals surface area contributed by atoms with Crippen LogP contribution in [-0.4, -0.2) is 37.0 Å². The van der Waals surface area contributed by atoms with E-state index in [9.17, 15) is 0 Å². The van der Waals surface area contributed by atoms with Gasteiger partial charge in [0, 0.05) is 13.1 Å². The predicted molar refractivity (Wildman–Crippen MR) is 45.7 cm³/mol. The standard InChI is InChI=1S/C4H9NO.C4H10O/c1-3-6-4-2-5-1;1-4(2,3)5/h5H,1-4H2;5H,1-3H3. The van der Waals surface area contributed by atoms with Gasteiger partial charge in [0.1, 0.15) is 0 Å². The molecule has 1 rings (SSSR count). The maximum atomic E-state index is 8.52. The zero-order valence-corrected chi connectivity index (χ0v) is 7.68. The molecule has 0 aromatic rings. The monoisotopic (exact) mass is 161 g/mol. The van der Waals surface area contributed by atoms with Gasteiger partial charge in [-0.25, -0.2) is 0 Å². The van der Waals surface area contributed by atoms with E-state index >= 15 is 0 Å². The molecule has 3 heteroatoms.